The molecule has 6 heteroatoms. The number of halogens is 1. The van der Waals surface area contributed by atoms with E-state index in [9.17, 15) is 0 Å². The van der Waals surface area contributed by atoms with Gasteiger partial charge in [0.25, 0.3) is 0 Å². The second kappa shape index (κ2) is 5.99. The fourth-order valence-electron chi connectivity index (χ4n) is 2.43. The zero-order valence-electron chi connectivity index (χ0n) is 11.7. The molecule has 0 bridgehead atoms. The number of hydrogen-bond acceptors (Lipinski definition) is 2. The summed E-state index contributed by atoms with van der Waals surface area (Å²) >= 11 is 6.03. The first-order valence-electron chi connectivity index (χ1n) is 6.70. The van der Waals surface area contributed by atoms with Crippen molar-refractivity contribution in [1.82, 2.24) is 4.57 Å². The molecule has 0 fully saturated rings. The van der Waals surface area contributed by atoms with Crippen LogP contribution in [0.1, 0.15) is 11.1 Å². The van der Waals surface area contributed by atoms with E-state index in [1.165, 1.54) is 0 Å². The molecule has 0 atom stereocenters. The molecule has 0 aliphatic heterocycles. The first kappa shape index (κ1) is 14.3. The average molecular weight is 312 g/mol. The lowest BCUT2D eigenvalue weighted by Crippen LogP contribution is -1.99. The first-order valence-corrected chi connectivity index (χ1v) is 7.08. The van der Waals surface area contributed by atoms with Crippen molar-refractivity contribution in [2.45, 2.75) is 6.54 Å². The molecular formula is C16H14ClN5. The molecule has 3 N–H and O–H groups in total. The summed E-state index contributed by atoms with van der Waals surface area (Å²) in [6.07, 6.45) is 2.02. The molecule has 0 saturated carbocycles. The van der Waals surface area contributed by atoms with Crippen LogP contribution in [0.3, 0.4) is 0 Å². The van der Waals surface area contributed by atoms with Crippen molar-refractivity contribution >= 4 is 28.3 Å². The Bertz CT molecular complexity index is 866. The van der Waals surface area contributed by atoms with Gasteiger partial charge in [0, 0.05) is 34.2 Å². The molecule has 0 spiro atoms. The van der Waals surface area contributed by atoms with Gasteiger partial charge < -0.3 is 10.4 Å². The van der Waals surface area contributed by atoms with Crippen molar-refractivity contribution < 1.29 is 0 Å². The van der Waals surface area contributed by atoms with Crippen LogP contribution in [0.25, 0.3) is 10.9 Å². The minimum absolute atomic E-state index is 0.0481. The minimum Gasteiger partial charge on any atom is -0.343 e. The van der Waals surface area contributed by atoms with E-state index in [4.69, 9.17) is 22.9 Å². The standard InChI is InChI=1S/C16H14ClN5/c17-14-3-1-2-11(8-14)10-22-7-6-12-9-13(4-5-15(12)22)16(18)20-21-19/h1-9H,10H2,(H3,18,19,20). The van der Waals surface area contributed by atoms with Crippen molar-refractivity contribution in [2.75, 3.05) is 0 Å². The number of nitrogens with two attached hydrogens (primary N) is 1. The molecule has 0 amide bonds. The molecule has 0 aliphatic rings. The Morgan fingerprint density at radius 3 is 2.82 bits per heavy atom. The predicted molar refractivity (Wildman–Crippen MR) is 88.4 cm³/mol. The summed E-state index contributed by atoms with van der Waals surface area (Å²) in [6, 6.07) is 15.5. The Labute approximate surface area is 132 Å². The van der Waals surface area contributed by atoms with E-state index in [1.54, 1.807) is 0 Å². The van der Waals surface area contributed by atoms with Gasteiger partial charge in [-0.15, -0.1) is 5.11 Å². The Balaban J connectivity index is 1.94. The van der Waals surface area contributed by atoms with Crippen LogP contribution in [-0.4, -0.2) is 10.4 Å². The molecule has 22 heavy (non-hydrogen) atoms. The molecule has 110 valence electrons. The van der Waals surface area contributed by atoms with Crippen LogP contribution in [0, 0.1) is 5.41 Å². The molecule has 1 aromatic heterocycles. The van der Waals surface area contributed by atoms with Crippen LogP contribution in [0.4, 0.5) is 0 Å². The van der Waals surface area contributed by atoms with E-state index in [-0.39, 0.29) is 5.84 Å². The van der Waals surface area contributed by atoms with E-state index in [0.29, 0.717) is 5.56 Å². The Morgan fingerprint density at radius 1 is 1.18 bits per heavy atom. The van der Waals surface area contributed by atoms with Gasteiger partial charge in [-0.25, -0.2) is 0 Å². The summed E-state index contributed by atoms with van der Waals surface area (Å²) in [5, 5.41) is 16.2. The number of benzene rings is 2. The molecule has 3 aromatic rings. The molecule has 0 aliphatic carbocycles. The van der Waals surface area contributed by atoms with Crippen molar-refractivity contribution in [3.63, 3.8) is 0 Å². The third-order valence-corrected chi connectivity index (χ3v) is 3.68. The van der Waals surface area contributed by atoms with Gasteiger partial charge in [0.1, 0.15) is 0 Å². The van der Waals surface area contributed by atoms with Crippen molar-refractivity contribution in [1.29, 1.82) is 5.41 Å². The van der Waals surface area contributed by atoms with Gasteiger partial charge in [0.2, 0.25) is 0 Å². The lowest BCUT2D eigenvalue weighted by atomic mass is 10.1. The lowest BCUT2D eigenvalue weighted by molar-refractivity contribution is 0.837. The molecule has 5 nitrogen and oxygen atoms in total. The third kappa shape index (κ3) is 2.84. The van der Waals surface area contributed by atoms with Crippen LogP contribution >= 0.6 is 11.6 Å². The van der Waals surface area contributed by atoms with Crippen molar-refractivity contribution in [3.8, 4) is 0 Å². The smallest absolute Gasteiger partial charge is 0.176 e. The normalized spacial score (nSPS) is 11.3. The SMILES string of the molecule is N=C(N=NN)c1ccc2c(ccn2Cc2cccc(Cl)c2)c1. The summed E-state index contributed by atoms with van der Waals surface area (Å²) in [4.78, 5) is 0. The summed E-state index contributed by atoms with van der Waals surface area (Å²) < 4.78 is 2.14. The number of fused-ring (bicyclic) bond motifs is 1. The summed E-state index contributed by atoms with van der Waals surface area (Å²) in [7, 11) is 0. The summed E-state index contributed by atoms with van der Waals surface area (Å²) in [5.41, 5.74) is 2.90. The fourth-order valence-corrected chi connectivity index (χ4v) is 2.65. The van der Waals surface area contributed by atoms with Gasteiger partial charge in [0.05, 0.1) is 0 Å². The predicted octanol–water partition coefficient (Wildman–Crippen LogP) is 3.99. The Morgan fingerprint density at radius 2 is 2.05 bits per heavy atom. The average Bonchev–Trinajstić information content (AvgIpc) is 2.90. The summed E-state index contributed by atoms with van der Waals surface area (Å²) in [5.74, 6) is 5.03. The van der Waals surface area contributed by atoms with Crippen LogP contribution in [0.15, 0.2) is 65.1 Å². The molecule has 0 saturated heterocycles. The monoisotopic (exact) mass is 311 g/mol. The highest BCUT2D eigenvalue weighted by molar-refractivity contribution is 6.30. The van der Waals surface area contributed by atoms with E-state index in [2.05, 4.69) is 14.9 Å². The van der Waals surface area contributed by atoms with Gasteiger partial charge in [-0.2, -0.15) is 0 Å². The van der Waals surface area contributed by atoms with E-state index < -0.39 is 0 Å². The maximum Gasteiger partial charge on any atom is 0.176 e. The zero-order valence-corrected chi connectivity index (χ0v) is 12.5. The number of hydrogen-bond donors (Lipinski definition) is 2. The maximum absolute atomic E-state index is 7.75. The first-order chi connectivity index (χ1) is 10.7. The second-order valence-electron chi connectivity index (χ2n) is 4.91. The van der Waals surface area contributed by atoms with Gasteiger partial charge in [-0.05, 0) is 42.0 Å². The van der Waals surface area contributed by atoms with Gasteiger partial charge in [-0.1, -0.05) is 29.0 Å². The van der Waals surface area contributed by atoms with E-state index in [1.807, 2.05) is 54.7 Å². The molecule has 2 aromatic carbocycles. The van der Waals surface area contributed by atoms with Crippen molar-refractivity contribution in [3.05, 3.63) is 70.9 Å². The van der Waals surface area contributed by atoms with Gasteiger partial charge in [-0.3, -0.25) is 5.41 Å². The lowest BCUT2D eigenvalue weighted by Gasteiger charge is -2.07. The highest BCUT2D eigenvalue weighted by Gasteiger charge is 2.06. The maximum atomic E-state index is 7.75. The minimum atomic E-state index is 0.0481. The van der Waals surface area contributed by atoms with Crippen LogP contribution in [0.2, 0.25) is 5.02 Å². The molecule has 1 heterocycles. The molecule has 0 radical (unpaired) electrons. The number of rotatable bonds is 3. The second-order valence-corrected chi connectivity index (χ2v) is 5.35. The highest BCUT2D eigenvalue weighted by Crippen LogP contribution is 2.20. The highest BCUT2D eigenvalue weighted by atomic mass is 35.5. The number of aromatic nitrogens is 1. The van der Waals surface area contributed by atoms with Crippen LogP contribution < -0.4 is 5.84 Å². The summed E-state index contributed by atoms with van der Waals surface area (Å²) in [6.45, 7) is 0.739. The Hall–Kier alpha value is -2.66. The zero-order chi connectivity index (χ0) is 15.5. The number of nitrogens with zero attached hydrogens (tertiary/aromatic N) is 3. The largest absolute Gasteiger partial charge is 0.343 e. The topological polar surface area (TPSA) is 79.5 Å². The molecular weight excluding hydrogens is 298 g/mol. The molecule has 0 unspecified atom stereocenters. The Kier molecular flexibility index (Phi) is 3.89. The van der Waals surface area contributed by atoms with E-state index in [0.717, 1.165) is 28.0 Å². The number of nitrogens with one attached hydrogen (secondary N) is 1. The third-order valence-electron chi connectivity index (χ3n) is 3.44. The van der Waals surface area contributed by atoms with Gasteiger partial charge in [0.15, 0.2) is 5.84 Å². The molecule has 3 rings (SSSR count). The van der Waals surface area contributed by atoms with Gasteiger partial charge >= 0.3 is 0 Å². The fraction of sp³-hybridized carbons (Fsp3) is 0.0625. The number of amidine groups is 1. The van der Waals surface area contributed by atoms with E-state index >= 15 is 0 Å². The quantitative estimate of drug-likeness (QED) is 0.248. The van der Waals surface area contributed by atoms with Crippen LogP contribution in [-0.2, 0) is 6.54 Å². The van der Waals surface area contributed by atoms with Crippen LogP contribution in [0.5, 0.6) is 0 Å². The van der Waals surface area contributed by atoms with Crippen molar-refractivity contribution in [2.24, 2.45) is 16.2 Å².